The summed E-state index contributed by atoms with van der Waals surface area (Å²) in [6, 6.07) is 6.49. The molecule has 0 spiro atoms. The molecule has 1 rings (SSSR count). The molecule has 1 unspecified atom stereocenters. The van der Waals surface area contributed by atoms with Crippen LogP contribution in [0.3, 0.4) is 0 Å². The Bertz CT molecular complexity index is 503. The van der Waals surface area contributed by atoms with Gasteiger partial charge in [0.15, 0.2) is 9.84 Å². The lowest BCUT2D eigenvalue weighted by molar-refractivity contribution is 0.0939. The average Bonchev–Trinajstić information content (AvgIpc) is 2.23. The van der Waals surface area contributed by atoms with Crippen LogP contribution in [-0.4, -0.2) is 27.3 Å². The van der Waals surface area contributed by atoms with E-state index in [-0.39, 0.29) is 16.4 Å². The third kappa shape index (κ3) is 3.99. The number of nitrogens with two attached hydrogens (primary N) is 1. The summed E-state index contributed by atoms with van der Waals surface area (Å²) in [6.45, 7) is 6.48. The lowest BCUT2D eigenvalue weighted by Gasteiger charge is -2.30. The molecule has 0 fully saturated rings. The maximum atomic E-state index is 11.5. The molecule has 0 bridgehead atoms. The maximum absolute atomic E-state index is 11.5. The Morgan fingerprint density at radius 1 is 1.33 bits per heavy atom. The molecule has 1 aromatic rings. The number of benzene rings is 1. The van der Waals surface area contributed by atoms with Crippen LogP contribution in [0.5, 0.6) is 5.75 Å². The van der Waals surface area contributed by atoms with E-state index in [1.54, 1.807) is 18.2 Å². The van der Waals surface area contributed by atoms with E-state index in [0.29, 0.717) is 12.3 Å². The van der Waals surface area contributed by atoms with Crippen LogP contribution < -0.4 is 10.5 Å². The van der Waals surface area contributed by atoms with Gasteiger partial charge in [0.25, 0.3) is 0 Å². The van der Waals surface area contributed by atoms with E-state index in [4.69, 9.17) is 10.5 Å². The van der Waals surface area contributed by atoms with Crippen molar-refractivity contribution in [2.45, 2.75) is 31.8 Å². The summed E-state index contributed by atoms with van der Waals surface area (Å²) in [7, 11) is -3.21. The van der Waals surface area contributed by atoms with E-state index in [0.717, 1.165) is 0 Å². The van der Waals surface area contributed by atoms with Gasteiger partial charge in [0, 0.05) is 18.2 Å². The lowest BCUT2D eigenvalue weighted by atomic mass is 9.89. The van der Waals surface area contributed by atoms with Gasteiger partial charge in [-0.05, 0) is 18.2 Å². The van der Waals surface area contributed by atoms with Gasteiger partial charge in [-0.25, -0.2) is 8.42 Å². The molecule has 102 valence electrons. The van der Waals surface area contributed by atoms with Crippen LogP contribution in [0.25, 0.3) is 0 Å². The quantitative estimate of drug-likeness (QED) is 0.907. The van der Waals surface area contributed by atoms with Crippen molar-refractivity contribution >= 4 is 9.84 Å². The second-order valence-corrected chi connectivity index (χ2v) is 7.47. The summed E-state index contributed by atoms with van der Waals surface area (Å²) in [4.78, 5) is 0.254. The highest BCUT2D eigenvalue weighted by molar-refractivity contribution is 7.90. The molecule has 0 aliphatic heterocycles. The Morgan fingerprint density at radius 2 is 1.94 bits per heavy atom. The summed E-state index contributed by atoms with van der Waals surface area (Å²) < 4.78 is 28.7. The maximum Gasteiger partial charge on any atom is 0.175 e. The van der Waals surface area contributed by atoms with Crippen molar-refractivity contribution in [3.63, 3.8) is 0 Å². The number of sulfone groups is 1. The Labute approximate surface area is 109 Å². The van der Waals surface area contributed by atoms with Crippen molar-refractivity contribution in [1.29, 1.82) is 0 Å². The van der Waals surface area contributed by atoms with Gasteiger partial charge >= 0.3 is 0 Å². The third-order valence-corrected chi connectivity index (χ3v) is 3.80. The van der Waals surface area contributed by atoms with E-state index in [1.807, 2.05) is 20.8 Å². The molecular formula is C13H21NO3S. The van der Waals surface area contributed by atoms with Crippen molar-refractivity contribution < 1.29 is 13.2 Å². The molecule has 0 aliphatic rings. The summed E-state index contributed by atoms with van der Waals surface area (Å²) in [5.74, 6) is 0.531. The van der Waals surface area contributed by atoms with Gasteiger partial charge in [0.05, 0.1) is 4.90 Å². The number of hydrogen-bond acceptors (Lipinski definition) is 4. The molecule has 0 aliphatic carbocycles. The van der Waals surface area contributed by atoms with Crippen LogP contribution >= 0.6 is 0 Å². The normalized spacial score (nSPS) is 14.3. The van der Waals surface area contributed by atoms with Gasteiger partial charge in [-0.15, -0.1) is 0 Å². The summed E-state index contributed by atoms with van der Waals surface area (Å²) >= 11 is 0. The minimum absolute atomic E-state index is 0.101. The number of rotatable bonds is 4. The Balaban J connectivity index is 2.99. The van der Waals surface area contributed by atoms with Gasteiger partial charge < -0.3 is 10.5 Å². The minimum Gasteiger partial charge on any atom is -0.489 e. The zero-order chi connectivity index (χ0) is 14.0. The smallest absolute Gasteiger partial charge is 0.175 e. The van der Waals surface area contributed by atoms with Gasteiger partial charge in [0.1, 0.15) is 11.9 Å². The van der Waals surface area contributed by atoms with Crippen LogP contribution in [0.1, 0.15) is 20.8 Å². The molecule has 0 saturated heterocycles. The van der Waals surface area contributed by atoms with Crippen LogP contribution in [-0.2, 0) is 9.84 Å². The van der Waals surface area contributed by atoms with Gasteiger partial charge in [-0.2, -0.15) is 0 Å². The van der Waals surface area contributed by atoms with Crippen molar-refractivity contribution in [1.82, 2.24) is 0 Å². The Hall–Kier alpha value is -1.07. The molecule has 2 N–H and O–H groups in total. The van der Waals surface area contributed by atoms with E-state index < -0.39 is 9.84 Å². The highest BCUT2D eigenvalue weighted by Gasteiger charge is 2.25. The first-order valence-corrected chi connectivity index (χ1v) is 7.70. The zero-order valence-electron chi connectivity index (χ0n) is 11.3. The molecule has 18 heavy (non-hydrogen) atoms. The predicted octanol–water partition coefficient (Wildman–Crippen LogP) is 1.84. The Kier molecular flexibility index (Phi) is 4.40. The second-order valence-electron chi connectivity index (χ2n) is 5.46. The van der Waals surface area contributed by atoms with Gasteiger partial charge in [-0.1, -0.05) is 26.8 Å². The predicted molar refractivity (Wildman–Crippen MR) is 72.5 cm³/mol. The van der Waals surface area contributed by atoms with E-state index in [2.05, 4.69) is 0 Å². The summed E-state index contributed by atoms with van der Waals surface area (Å²) in [5.41, 5.74) is 5.59. The first kappa shape index (κ1) is 15.0. The van der Waals surface area contributed by atoms with E-state index >= 15 is 0 Å². The zero-order valence-corrected chi connectivity index (χ0v) is 12.1. The van der Waals surface area contributed by atoms with Crippen LogP contribution in [0.15, 0.2) is 29.2 Å². The highest BCUT2D eigenvalue weighted by Crippen LogP contribution is 2.25. The Morgan fingerprint density at radius 3 is 2.39 bits per heavy atom. The molecule has 0 amide bonds. The fourth-order valence-corrected chi connectivity index (χ4v) is 2.18. The van der Waals surface area contributed by atoms with Crippen molar-refractivity contribution in [3.05, 3.63) is 24.3 Å². The topological polar surface area (TPSA) is 69.4 Å². The summed E-state index contributed by atoms with van der Waals surface area (Å²) in [5, 5.41) is 0. The monoisotopic (exact) mass is 271 g/mol. The van der Waals surface area contributed by atoms with Gasteiger partial charge in [0.2, 0.25) is 0 Å². The average molecular weight is 271 g/mol. The first-order chi connectivity index (χ1) is 8.14. The van der Waals surface area contributed by atoms with Crippen LogP contribution in [0.4, 0.5) is 0 Å². The molecule has 0 saturated carbocycles. The lowest BCUT2D eigenvalue weighted by Crippen LogP contribution is -2.38. The van der Waals surface area contributed by atoms with E-state index in [1.165, 1.54) is 12.3 Å². The largest absolute Gasteiger partial charge is 0.489 e. The SMILES string of the molecule is CC(C)(C)C(CN)Oc1cccc(S(C)(=O)=O)c1. The number of hydrogen-bond donors (Lipinski definition) is 1. The number of ether oxygens (including phenoxy) is 1. The highest BCUT2D eigenvalue weighted by atomic mass is 32.2. The standard InChI is InChI=1S/C13H21NO3S/c1-13(2,3)12(9-14)17-10-6-5-7-11(8-10)18(4,15)16/h5-8,12H,9,14H2,1-4H3. The van der Waals surface area contributed by atoms with Crippen LogP contribution in [0, 0.1) is 5.41 Å². The summed E-state index contributed by atoms with van der Waals surface area (Å²) in [6.07, 6.45) is 1.02. The second kappa shape index (κ2) is 5.28. The molecule has 1 aromatic carbocycles. The fourth-order valence-electron chi connectivity index (χ4n) is 1.52. The van der Waals surface area contributed by atoms with E-state index in [9.17, 15) is 8.42 Å². The molecule has 0 aromatic heterocycles. The molecular weight excluding hydrogens is 250 g/mol. The van der Waals surface area contributed by atoms with Crippen molar-refractivity contribution in [2.24, 2.45) is 11.1 Å². The molecule has 0 radical (unpaired) electrons. The third-order valence-electron chi connectivity index (χ3n) is 2.69. The van der Waals surface area contributed by atoms with Crippen molar-refractivity contribution in [2.75, 3.05) is 12.8 Å². The first-order valence-electron chi connectivity index (χ1n) is 5.81. The molecule has 1 atom stereocenters. The molecule has 4 nitrogen and oxygen atoms in total. The molecule has 0 heterocycles. The van der Waals surface area contributed by atoms with Crippen molar-refractivity contribution in [3.8, 4) is 5.75 Å². The molecule has 5 heteroatoms. The van der Waals surface area contributed by atoms with Crippen LogP contribution in [0.2, 0.25) is 0 Å². The van der Waals surface area contributed by atoms with Gasteiger partial charge in [-0.3, -0.25) is 0 Å². The minimum atomic E-state index is -3.21. The fraction of sp³-hybridized carbons (Fsp3) is 0.538.